The van der Waals surface area contributed by atoms with E-state index >= 15 is 0 Å². The number of nitrogens with zero attached hydrogens (tertiary/aromatic N) is 6. The quantitative estimate of drug-likeness (QED) is 0.382. The van der Waals surface area contributed by atoms with E-state index in [1.54, 1.807) is 13.3 Å². The van der Waals surface area contributed by atoms with Crippen molar-refractivity contribution in [3.8, 4) is 39.7 Å². The molecule has 5 aromatic heterocycles. The molecular formula is C26H22N8O. The zero-order valence-electron chi connectivity index (χ0n) is 19.4. The molecule has 172 valence electrons. The van der Waals surface area contributed by atoms with Crippen molar-refractivity contribution in [1.82, 2.24) is 35.1 Å². The predicted octanol–water partition coefficient (Wildman–Crippen LogP) is 4.70. The largest absolute Gasteiger partial charge is 0.497 e. The first-order chi connectivity index (χ1) is 17.1. The summed E-state index contributed by atoms with van der Waals surface area (Å²) in [4.78, 5) is 23.9. The molecule has 0 atom stereocenters. The van der Waals surface area contributed by atoms with Crippen LogP contribution >= 0.6 is 0 Å². The Morgan fingerprint density at radius 2 is 1.86 bits per heavy atom. The minimum absolute atomic E-state index is 0.596. The molecule has 0 aliphatic heterocycles. The first-order valence-corrected chi connectivity index (χ1v) is 11.1. The monoisotopic (exact) mass is 462 g/mol. The van der Waals surface area contributed by atoms with Gasteiger partial charge in [-0.1, -0.05) is 12.1 Å². The minimum atomic E-state index is 0.596. The van der Waals surface area contributed by atoms with Crippen LogP contribution in [0, 0.1) is 0 Å². The number of benzene rings is 1. The number of rotatable bonds is 5. The van der Waals surface area contributed by atoms with Crippen molar-refractivity contribution in [3.05, 3.63) is 67.1 Å². The van der Waals surface area contributed by atoms with E-state index in [1.807, 2.05) is 73.9 Å². The van der Waals surface area contributed by atoms with Crippen LogP contribution in [0.25, 0.3) is 56.1 Å². The van der Waals surface area contributed by atoms with Gasteiger partial charge in [0.05, 0.1) is 35.7 Å². The molecule has 0 amide bonds. The summed E-state index contributed by atoms with van der Waals surface area (Å²) in [6, 6.07) is 15.9. The average molecular weight is 463 g/mol. The molecule has 5 heterocycles. The van der Waals surface area contributed by atoms with E-state index in [0.717, 1.165) is 50.4 Å². The summed E-state index contributed by atoms with van der Waals surface area (Å²) >= 11 is 0. The number of aromatic amines is 2. The summed E-state index contributed by atoms with van der Waals surface area (Å²) in [5.74, 6) is 1.38. The smallest absolute Gasteiger partial charge is 0.178 e. The number of anilines is 1. The van der Waals surface area contributed by atoms with E-state index in [1.165, 1.54) is 0 Å². The van der Waals surface area contributed by atoms with Gasteiger partial charge in [-0.15, -0.1) is 0 Å². The van der Waals surface area contributed by atoms with E-state index in [0.29, 0.717) is 17.2 Å². The van der Waals surface area contributed by atoms with E-state index in [2.05, 4.69) is 31.2 Å². The van der Waals surface area contributed by atoms with Crippen molar-refractivity contribution < 1.29 is 4.74 Å². The molecule has 2 N–H and O–H groups in total. The topological polar surface area (TPSA) is 108 Å². The van der Waals surface area contributed by atoms with Gasteiger partial charge in [0, 0.05) is 37.6 Å². The fraction of sp³-hybridized carbons (Fsp3) is 0.115. The van der Waals surface area contributed by atoms with Crippen LogP contribution in [0.3, 0.4) is 0 Å². The highest BCUT2D eigenvalue weighted by Crippen LogP contribution is 2.32. The molecule has 0 bridgehead atoms. The van der Waals surface area contributed by atoms with Crippen molar-refractivity contribution in [2.24, 2.45) is 0 Å². The Hall–Kier alpha value is -4.79. The van der Waals surface area contributed by atoms with Crippen LogP contribution in [0.5, 0.6) is 5.75 Å². The number of fused-ring (bicyclic) bond motifs is 2. The zero-order chi connectivity index (χ0) is 23.9. The number of imidazole rings is 1. The summed E-state index contributed by atoms with van der Waals surface area (Å²) < 4.78 is 5.40. The third-order valence-corrected chi connectivity index (χ3v) is 5.94. The van der Waals surface area contributed by atoms with E-state index in [9.17, 15) is 0 Å². The second-order valence-corrected chi connectivity index (χ2v) is 8.37. The maximum Gasteiger partial charge on any atom is 0.178 e. The van der Waals surface area contributed by atoms with Crippen molar-refractivity contribution >= 4 is 27.9 Å². The molecular weight excluding hydrogens is 440 g/mol. The Labute approximate surface area is 200 Å². The maximum absolute atomic E-state index is 5.40. The van der Waals surface area contributed by atoms with Gasteiger partial charge in [-0.2, -0.15) is 5.10 Å². The number of hydrogen-bond acceptors (Lipinski definition) is 7. The van der Waals surface area contributed by atoms with Crippen LogP contribution in [0.4, 0.5) is 5.69 Å². The predicted molar refractivity (Wildman–Crippen MR) is 136 cm³/mol. The fourth-order valence-electron chi connectivity index (χ4n) is 4.09. The first-order valence-electron chi connectivity index (χ1n) is 11.1. The number of ether oxygens (including phenoxy) is 1. The average Bonchev–Trinajstić information content (AvgIpc) is 3.52. The standard InChI is InChI=1S/C26H22N8O/c1-34(2)17-11-16(13-27-14-17)20-7-8-21-23(29-20)24(33-32-21)26-30-22-19(9-10-28-25(22)31-26)15-5-4-6-18(12-15)35-3/h4-14H,1-3H3,(H,32,33)(H,28,30,31). The second kappa shape index (κ2) is 8.21. The second-order valence-electron chi connectivity index (χ2n) is 8.37. The van der Waals surface area contributed by atoms with Gasteiger partial charge in [-0.05, 0) is 42.0 Å². The SMILES string of the molecule is COc1cccc(-c2ccnc3nc(-c4n[nH]c5ccc(-c6cncc(N(C)C)c6)nc45)[nH]c23)c1. The Morgan fingerprint density at radius 3 is 2.71 bits per heavy atom. The van der Waals surface area contributed by atoms with Crippen molar-refractivity contribution in [1.29, 1.82) is 0 Å². The Kier molecular flexibility index (Phi) is 4.88. The van der Waals surface area contributed by atoms with E-state index < -0.39 is 0 Å². The molecule has 0 saturated carbocycles. The van der Waals surface area contributed by atoms with Crippen LogP contribution in [0.1, 0.15) is 0 Å². The first kappa shape index (κ1) is 20.8. The Bertz CT molecular complexity index is 1680. The number of aromatic nitrogens is 7. The highest BCUT2D eigenvalue weighted by molar-refractivity contribution is 5.95. The van der Waals surface area contributed by atoms with Gasteiger partial charge in [-0.25, -0.2) is 15.0 Å². The number of H-pyrrole nitrogens is 2. The summed E-state index contributed by atoms with van der Waals surface area (Å²) in [5, 5.41) is 7.59. The molecule has 0 saturated heterocycles. The number of methoxy groups -OCH3 is 1. The maximum atomic E-state index is 5.40. The lowest BCUT2D eigenvalue weighted by molar-refractivity contribution is 0.415. The summed E-state index contributed by atoms with van der Waals surface area (Å²) in [5.41, 5.74) is 8.33. The van der Waals surface area contributed by atoms with Crippen LogP contribution in [-0.2, 0) is 0 Å². The summed E-state index contributed by atoms with van der Waals surface area (Å²) in [7, 11) is 5.63. The molecule has 9 heteroatoms. The lowest BCUT2D eigenvalue weighted by atomic mass is 10.1. The molecule has 0 aliphatic carbocycles. The van der Waals surface area contributed by atoms with Crippen LogP contribution in [0.2, 0.25) is 0 Å². The molecule has 6 rings (SSSR count). The van der Waals surface area contributed by atoms with Gasteiger partial charge < -0.3 is 14.6 Å². The molecule has 0 aliphatic rings. The van der Waals surface area contributed by atoms with Crippen molar-refractivity contribution in [3.63, 3.8) is 0 Å². The number of nitrogens with one attached hydrogen (secondary N) is 2. The molecule has 0 radical (unpaired) electrons. The molecule has 0 spiro atoms. The van der Waals surface area contributed by atoms with Crippen molar-refractivity contribution in [2.75, 3.05) is 26.1 Å². The molecule has 1 aromatic carbocycles. The summed E-state index contributed by atoms with van der Waals surface area (Å²) in [6.45, 7) is 0. The van der Waals surface area contributed by atoms with Gasteiger partial charge in [0.25, 0.3) is 0 Å². The van der Waals surface area contributed by atoms with Crippen LogP contribution < -0.4 is 9.64 Å². The lowest BCUT2D eigenvalue weighted by Crippen LogP contribution is -2.08. The Balaban J connectivity index is 1.47. The summed E-state index contributed by atoms with van der Waals surface area (Å²) in [6.07, 6.45) is 5.39. The van der Waals surface area contributed by atoms with Gasteiger partial charge in [0.15, 0.2) is 17.2 Å². The van der Waals surface area contributed by atoms with Gasteiger partial charge in [-0.3, -0.25) is 10.1 Å². The number of pyridine rings is 3. The Morgan fingerprint density at radius 1 is 0.943 bits per heavy atom. The minimum Gasteiger partial charge on any atom is -0.497 e. The lowest BCUT2D eigenvalue weighted by Gasteiger charge is -2.12. The van der Waals surface area contributed by atoms with E-state index in [-0.39, 0.29) is 0 Å². The van der Waals surface area contributed by atoms with E-state index in [4.69, 9.17) is 14.7 Å². The van der Waals surface area contributed by atoms with Crippen LogP contribution in [0.15, 0.2) is 67.1 Å². The van der Waals surface area contributed by atoms with Gasteiger partial charge >= 0.3 is 0 Å². The van der Waals surface area contributed by atoms with Crippen molar-refractivity contribution in [2.45, 2.75) is 0 Å². The van der Waals surface area contributed by atoms with Gasteiger partial charge in [0.1, 0.15) is 11.3 Å². The molecule has 6 aromatic rings. The van der Waals surface area contributed by atoms with Gasteiger partial charge in [0.2, 0.25) is 0 Å². The fourth-order valence-corrected chi connectivity index (χ4v) is 4.09. The number of hydrogen-bond donors (Lipinski definition) is 2. The molecule has 35 heavy (non-hydrogen) atoms. The third-order valence-electron chi connectivity index (χ3n) is 5.94. The van der Waals surface area contributed by atoms with Crippen LogP contribution in [-0.4, -0.2) is 56.3 Å². The zero-order valence-corrected chi connectivity index (χ0v) is 19.4. The molecule has 0 fully saturated rings. The highest BCUT2D eigenvalue weighted by Gasteiger charge is 2.17. The third kappa shape index (κ3) is 3.63. The molecule has 0 unspecified atom stereocenters. The highest BCUT2D eigenvalue weighted by atomic mass is 16.5. The normalized spacial score (nSPS) is 11.3. The molecule has 9 nitrogen and oxygen atoms in total.